The smallest absolute Gasteiger partial charge is 0.164 e. The molecule has 68 valence electrons. The molecule has 0 heterocycles. The fourth-order valence-electron chi connectivity index (χ4n) is 2.02. The van der Waals surface area contributed by atoms with Gasteiger partial charge in [0.25, 0.3) is 0 Å². The zero-order valence-corrected chi connectivity index (χ0v) is 7.92. The van der Waals surface area contributed by atoms with Crippen LogP contribution < -0.4 is 0 Å². The molecule has 0 bridgehead atoms. The molecular weight excluding hydrogens is 152 g/mol. The lowest BCUT2D eigenvalue weighted by Crippen LogP contribution is -2.30. The van der Waals surface area contributed by atoms with Gasteiger partial charge in [-0.3, -0.25) is 4.79 Å². The van der Waals surface area contributed by atoms with E-state index in [-0.39, 0.29) is 17.1 Å². The quantitative estimate of drug-likeness (QED) is 0.445. The zero-order chi connectivity index (χ0) is 9.35. The van der Waals surface area contributed by atoms with E-state index in [0.717, 1.165) is 12.7 Å². The van der Waals surface area contributed by atoms with Crippen molar-refractivity contribution in [1.82, 2.24) is 0 Å². The molecule has 0 aromatic heterocycles. The summed E-state index contributed by atoms with van der Waals surface area (Å²) in [5.74, 6) is 0.170. The Morgan fingerprint density at radius 3 is 2.67 bits per heavy atom. The maximum Gasteiger partial charge on any atom is 0.164 e. The summed E-state index contributed by atoms with van der Waals surface area (Å²) in [6, 6.07) is 0. The van der Waals surface area contributed by atoms with E-state index < -0.39 is 0 Å². The molecule has 1 rings (SSSR count). The van der Waals surface area contributed by atoms with Gasteiger partial charge < -0.3 is 5.11 Å². The average Bonchev–Trinajstić information content (AvgIpc) is 1.96. The lowest BCUT2D eigenvalue weighted by molar-refractivity contribution is -0.121. The molecule has 1 N–H and O–H groups in total. The summed E-state index contributed by atoms with van der Waals surface area (Å²) >= 11 is 0. The highest BCUT2D eigenvalue weighted by Gasteiger charge is 2.34. The third kappa shape index (κ3) is 1.68. The first-order valence-electron chi connectivity index (χ1n) is 4.34. The first-order chi connectivity index (χ1) is 5.46. The highest BCUT2D eigenvalue weighted by atomic mass is 16.2. The highest BCUT2D eigenvalue weighted by molar-refractivity contribution is 5.97. The standard InChI is InChI=1S/C10H16O2/c1-7-4-10(2,3)5-8(6-11)9(7)12/h6-7,11H,4-5H2,1-3H3. The summed E-state index contributed by atoms with van der Waals surface area (Å²) in [5.41, 5.74) is 0.737. The molecule has 2 heteroatoms. The predicted molar refractivity (Wildman–Crippen MR) is 47.9 cm³/mol. The molecule has 1 saturated carbocycles. The molecule has 0 amide bonds. The van der Waals surface area contributed by atoms with E-state index in [0.29, 0.717) is 12.0 Å². The summed E-state index contributed by atoms with van der Waals surface area (Å²) in [6.07, 6.45) is 2.59. The minimum absolute atomic E-state index is 0.0622. The minimum Gasteiger partial charge on any atom is -0.515 e. The molecule has 12 heavy (non-hydrogen) atoms. The molecule has 0 radical (unpaired) electrons. The molecule has 1 atom stereocenters. The first kappa shape index (κ1) is 9.30. The van der Waals surface area contributed by atoms with Crippen LogP contribution in [0.4, 0.5) is 0 Å². The van der Waals surface area contributed by atoms with Gasteiger partial charge in [-0.1, -0.05) is 20.8 Å². The lowest BCUT2D eigenvalue weighted by atomic mass is 9.70. The van der Waals surface area contributed by atoms with Crippen LogP contribution in [0.15, 0.2) is 11.8 Å². The summed E-state index contributed by atoms with van der Waals surface area (Å²) < 4.78 is 0. The summed E-state index contributed by atoms with van der Waals surface area (Å²) in [4.78, 5) is 11.4. The van der Waals surface area contributed by atoms with Crippen molar-refractivity contribution in [1.29, 1.82) is 0 Å². The van der Waals surface area contributed by atoms with Crippen molar-refractivity contribution in [2.24, 2.45) is 11.3 Å². The number of aliphatic hydroxyl groups is 1. The third-order valence-electron chi connectivity index (χ3n) is 2.45. The molecule has 2 nitrogen and oxygen atoms in total. The van der Waals surface area contributed by atoms with Crippen molar-refractivity contribution in [2.75, 3.05) is 0 Å². The second-order valence-corrected chi connectivity index (χ2v) is 4.46. The third-order valence-corrected chi connectivity index (χ3v) is 2.45. The van der Waals surface area contributed by atoms with E-state index >= 15 is 0 Å². The first-order valence-corrected chi connectivity index (χ1v) is 4.34. The normalized spacial score (nSPS) is 32.4. The van der Waals surface area contributed by atoms with E-state index in [2.05, 4.69) is 13.8 Å². The molecule has 1 fully saturated rings. The number of hydrogen-bond acceptors (Lipinski definition) is 2. The van der Waals surface area contributed by atoms with Crippen molar-refractivity contribution in [2.45, 2.75) is 33.6 Å². The Morgan fingerprint density at radius 1 is 1.58 bits per heavy atom. The lowest BCUT2D eigenvalue weighted by Gasteiger charge is -2.33. The number of Topliss-reactive ketones (excluding diaryl/α,β-unsaturated/α-hetero) is 1. The van der Waals surface area contributed by atoms with E-state index in [4.69, 9.17) is 5.11 Å². The number of hydrogen-bond donors (Lipinski definition) is 1. The number of rotatable bonds is 0. The largest absolute Gasteiger partial charge is 0.515 e. The number of carbonyl (C=O) groups excluding carboxylic acids is 1. The van der Waals surface area contributed by atoms with Crippen LogP contribution in [0.25, 0.3) is 0 Å². The van der Waals surface area contributed by atoms with Crippen LogP contribution in [0.1, 0.15) is 33.6 Å². The number of carbonyl (C=O) groups is 1. The molecule has 1 unspecified atom stereocenters. The molecular formula is C10H16O2. The van der Waals surface area contributed by atoms with Gasteiger partial charge >= 0.3 is 0 Å². The Labute approximate surface area is 73.3 Å². The van der Waals surface area contributed by atoms with Gasteiger partial charge in [-0.05, 0) is 18.3 Å². The van der Waals surface area contributed by atoms with Crippen molar-refractivity contribution in [3.63, 3.8) is 0 Å². The van der Waals surface area contributed by atoms with Crippen LogP contribution in [-0.4, -0.2) is 10.9 Å². The van der Waals surface area contributed by atoms with Crippen LogP contribution in [-0.2, 0) is 4.79 Å². The number of aliphatic hydroxyl groups excluding tert-OH is 1. The Bertz CT molecular complexity index is 226. The number of allylic oxidation sites excluding steroid dienone is 1. The molecule has 1 aliphatic carbocycles. The fourth-order valence-corrected chi connectivity index (χ4v) is 2.02. The molecule has 1 aliphatic rings. The van der Waals surface area contributed by atoms with Gasteiger partial charge in [0.15, 0.2) is 5.78 Å². The van der Waals surface area contributed by atoms with Gasteiger partial charge in [0.2, 0.25) is 0 Å². The van der Waals surface area contributed by atoms with Crippen molar-refractivity contribution in [3.8, 4) is 0 Å². The minimum atomic E-state index is 0.0622. The fraction of sp³-hybridized carbons (Fsp3) is 0.700. The summed E-state index contributed by atoms with van der Waals surface area (Å²) in [7, 11) is 0. The SMILES string of the molecule is CC1CC(C)(C)CC(=CO)C1=O. The molecule has 0 saturated heterocycles. The summed E-state index contributed by atoms with van der Waals surface area (Å²) in [5, 5.41) is 8.83. The zero-order valence-electron chi connectivity index (χ0n) is 7.92. The van der Waals surface area contributed by atoms with Crippen LogP contribution in [0, 0.1) is 11.3 Å². The second kappa shape index (κ2) is 2.92. The molecule has 0 aromatic carbocycles. The van der Waals surface area contributed by atoms with E-state index in [1.165, 1.54) is 0 Å². The Balaban J connectivity index is 2.86. The Morgan fingerprint density at radius 2 is 2.17 bits per heavy atom. The maximum absolute atomic E-state index is 11.4. The van der Waals surface area contributed by atoms with Gasteiger partial charge in [0, 0.05) is 11.5 Å². The second-order valence-electron chi connectivity index (χ2n) is 4.46. The summed E-state index contributed by atoms with van der Waals surface area (Å²) in [6.45, 7) is 6.17. The van der Waals surface area contributed by atoms with Gasteiger partial charge in [0.1, 0.15) is 0 Å². The van der Waals surface area contributed by atoms with Crippen LogP contribution >= 0.6 is 0 Å². The Kier molecular flexibility index (Phi) is 2.27. The highest BCUT2D eigenvalue weighted by Crippen LogP contribution is 2.38. The van der Waals surface area contributed by atoms with Gasteiger partial charge in [-0.15, -0.1) is 0 Å². The molecule has 0 aliphatic heterocycles. The monoisotopic (exact) mass is 168 g/mol. The van der Waals surface area contributed by atoms with Crippen LogP contribution in [0.5, 0.6) is 0 Å². The van der Waals surface area contributed by atoms with Gasteiger partial charge in [0.05, 0.1) is 6.26 Å². The maximum atomic E-state index is 11.4. The molecule has 0 spiro atoms. The Hall–Kier alpha value is -0.790. The number of ketones is 1. The van der Waals surface area contributed by atoms with Gasteiger partial charge in [-0.2, -0.15) is 0 Å². The topological polar surface area (TPSA) is 37.3 Å². The van der Waals surface area contributed by atoms with E-state index in [1.807, 2.05) is 6.92 Å². The molecule has 0 aromatic rings. The van der Waals surface area contributed by atoms with Crippen molar-refractivity contribution >= 4 is 5.78 Å². The predicted octanol–water partition coefficient (Wildman–Crippen LogP) is 2.45. The van der Waals surface area contributed by atoms with E-state index in [9.17, 15) is 4.79 Å². The average molecular weight is 168 g/mol. The van der Waals surface area contributed by atoms with E-state index in [1.54, 1.807) is 0 Å². The van der Waals surface area contributed by atoms with Crippen LogP contribution in [0.3, 0.4) is 0 Å². The van der Waals surface area contributed by atoms with Crippen molar-refractivity contribution < 1.29 is 9.90 Å². The van der Waals surface area contributed by atoms with Crippen molar-refractivity contribution in [3.05, 3.63) is 11.8 Å². The van der Waals surface area contributed by atoms with Crippen LogP contribution in [0.2, 0.25) is 0 Å². The van der Waals surface area contributed by atoms with Gasteiger partial charge in [-0.25, -0.2) is 0 Å².